The number of aryl methyl sites for hydroxylation is 1. The maximum atomic E-state index is 15.8. The van der Waals surface area contributed by atoms with E-state index in [1.165, 1.54) is 35.0 Å². The second kappa shape index (κ2) is 15.8. The van der Waals surface area contributed by atoms with Crippen LogP contribution in [0.1, 0.15) is 94.7 Å². The molecule has 13 nitrogen and oxygen atoms in total. The Morgan fingerprint density at radius 1 is 0.967 bits per heavy atom. The number of nitrogens with one attached hydrogen (secondary N) is 2. The van der Waals surface area contributed by atoms with Gasteiger partial charge >= 0.3 is 6.03 Å². The largest absolute Gasteiger partial charge is 0.453 e. The van der Waals surface area contributed by atoms with Crippen LogP contribution in [0.25, 0.3) is 21.8 Å². The van der Waals surface area contributed by atoms with Crippen molar-refractivity contribution in [3.63, 3.8) is 0 Å². The highest BCUT2D eigenvalue weighted by Crippen LogP contribution is 2.55. The number of nitrogens with zero attached hydrogens (tertiary/aromatic N) is 7. The quantitative estimate of drug-likeness (QED) is 0.139. The SMILES string of the molecule is CC(C)SNc1ccc(F)c(Oc2ccc3ncn(C4CC5(CCN(C6CCC(c7cc8c(cc7F)c(N7CCC(=O)NC7=O)nn8C)CC6)CC5)C4)c(=O)c3c2)c1C#N. The van der Waals surface area contributed by atoms with E-state index >= 15 is 8.78 Å². The normalized spacial score (nSPS) is 21.1. The smallest absolute Gasteiger partial charge is 0.329 e. The molecule has 2 aromatic heterocycles. The molecule has 2 saturated carbocycles. The number of benzene rings is 3. The number of rotatable bonds is 9. The maximum Gasteiger partial charge on any atom is 0.329 e. The Kier molecular flexibility index (Phi) is 10.5. The molecule has 9 rings (SSSR count). The molecule has 60 heavy (non-hydrogen) atoms. The first-order valence-electron chi connectivity index (χ1n) is 20.7. The van der Waals surface area contributed by atoms with Crippen LogP contribution in [-0.2, 0) is 11.8 Å². The van der Waals surface area contributed by atoms with E-state index in [0.29, 0.717) is 39.4 Å². The molecule has 3 amide bonds. The fourth-order valence-corrected chi connectivity index (χ4v) is 10.3. The summed E-state index contributed by atoms with van der Waals surface area (Å²) in [5.74, 6) is -0.797. The van der Waals surface area contributed by atoms with Crippen molar-refractivity contribution in [1.29, 1.82) is 5.26 Å². The van der Waals surface area contributed by atoms with Gasteiger partial charge in [0.05, 0.1) is 28.4 Å². The minimum atomic E-state index is -0.674. The summed E-state index contributed by atoms with van der Waals surface area (Å²) in [7, 11) is 1.79. The number of urea groups is 1. The number of piperidine rings is 1. The van der Waals surface area contributed by atoms with Crippen molar-refractivity contribution in [2.45, 2.75) is 94.9 Å². The van der Waals surface area contributed by atoms with Crippen LogP contribution in [0.4, 0.5) is 25.1 Å². The number of carbonyl (C=O) groups excluding carboxylic acids is 2. The number of hydrogen-bond donors (Lipinski definition) is 2. The monoisotopic (exact) mass is 835 g/mol. The number of ether oxygens (including phenoxy) is 1. The highest BCUT2D eigenvalue weighted by Gasteiger charge is 2.47. The van der Waals surface area contributed by atoms with Gasteiger partial charge in [-0.2, -0.15) is 10.4 Å². The van der Waals surface area contributed by atoms with Gasteiger partial charge < -0.3 is 14.4 Å². The van der Waals surface area contributed by atoms with E-state index in [2.05, 4.69) is 31.1 Å². The summed E-state index contributed by atoms with van der Waals surface area (Å²) in [6.45, 7) is 6.20. The maximum absolute atomic E-state index is 15.8. The summed E-state index contributed by atoms with van der Waals surface area (Å²) >= 11 is 1.41. The molecule has 16 heteroatoms. The zero-order valence-corrected chi connectivity index (χ0v) is 34.7. The van der Waals surface area contributed by atoms with Crippen LogP contribution in [0.3, 0.4) is 0 Å². The number of aromatic nitrogens is 4. The topological polar surface area (TPSA) is 150 Å². The Balaban J connectivity index is 0.813. The highest BCUT2D eigenvalue weighted by molar-refractivity contribution is 8.01. The number of likely N-dealkylation sites (tertiary alicyclic amines) is 1. The first-order chi connectivity index (χ1) is 28.9. The molecular weight excluding hydrogens is 789 g/mol. The molecule has 0 atom stereocenters. The Bertz CT molecular complexity index is 2620. The van der Waals surface area contributed by atoms with E-state index in [-0.39, 0.29) is 69.9 Å². The lowest BCUT2D eigenvalue weighted by Crippen LogP contribution is -2.51. The summed E-state index contributed by atoms with van der Waals surface area (Å²) in [5, 5.41) is 17.9. The minimum absolute atomic E-state index is 0.0359. The third kappa shape index (κ3) is 7.36. The van der Waals surface area contributed by atoms with Gasteiger partial charge in [0.15, 0.2) is 17.4 Å². The summed E-state index contributed by atoms with van der Waals surface area (Å²) in [6.07, 6.45) is 9.48. The van der Waals surface area contributed by atoms with E-state index < -0.39 is 11.8 Å². The molecule has 5 aromatic rings. The number of halogens is 2. The lowest BCUT2D eigenvalue weighted by atomic mass is 9.60. The number of anilines is 2. The van der Waals surface area contributed by atoms with Crippen LogP contribution >= 0.6 is 11.9 Å². The molecule has 2 saturated heterocycles. The van der Waals surface area contributed by atoms with Gasteiger partial charge in [-0.25, -0.2) is 18.6 Å². The van der Waals surface area contributed by atoms with Gasteiger partial charge in [-0.1, -0.05) is 13.8 Å². The standard InChI is InChI=1S/C44H47F2N9O4S/c1-25(2)60-51-37-11-9-34(45)40(33(37)23-47)59-29-8-10-36-31(18-29)42(57)55(24-48-36)28-21-44(22-28)13-16-53(17-14-44)27-6-4-26(5-7-27)30-20-38-32(19-35(30)46)41(50-52(38)3)54-15-12-39(56)49-43(54)58/h8-11,18-20,24-28,51H,4-7,12-17,21-22H2,1-3H3,(H,49,56,58). The molecule has 4 heterocycles. The molecule has 0 unspecified atom stereocenters. The van der Waals surface area contributed by atoms with Crippen molar-refractivity contribution in [3.8, 4) is 17.6 Å². The van der Waals surface area contributed by atoms with Crippen molar-refractivity contribution >= 4 is 57.2 Å². The second-order valence-electron chi connectivity index (χ2n) is 17.1. The highest BCUT2D eigenvalue weighted by atomic mass is 32.2. The molecule has 312 valence electrons. The molecule has 4 fully saturated rings. The Morgan fingerprint density at radius 2 is 1.73 bits per heavy atom. The third-order valence-electron chi connectivity index (χ3n) is 13.1. The lowest BCUT2D eigenvalue weighted by Gasteiger charge is -2.54. The van der Waals surface area contributed by atoms with Gasteiger partial charge in [0, 0.05) is 42.7 Å². The summed E-state index contributed by atoms with van der Waals surface area (Å²) in [5.41, 5.74) is 2.47. The lowest BCUT2D eigenvalue weighted by molar-refractivity contribution is -0.120. The van der Waals surface area contributed by atoms with Gasteiger partial charge in [0.2, 0.25) is 5.91 Å². The zero-order chi connectivity index (χ0) is 41.9. The van der Waals surface area contributed by atoms with Crippen molar-refractivity contribution in [3.05, 3.63) is 81.9 Å². The van der Waals surface area contributed by atoms with Crippen LogP contribution < -0.4 is 25.2 Å². The van der Waals surface area contributed by atoms with Gasteiger partial charge in [-0.15, -0.1) is 0 Å². The van der Waals surface area contributed by atoms with Gasteiger partial charge in [0.1, 0.15) is 23.2 Å². The fraction of sp³-hybridized carbons (Fsp3) is 0.455. The molecule has 1 spiro atoms. The van der Waals surface area contributed by atoms with E-state index in [4.69, 9.17) is 4.74 Å². The van der Waals surface area contributed by atoms with E-state index in [9.17, 15) is 19.6 Å². The Hall–Kier alpha value is -5.53. The number of amides is 3. The zero-order valence-electron chi connectivity index (χ0n) is 33.8. The van der Waals surface area contributed by atoms with Crippen LogP contribution in [0.15, 0.2) is 53.6 Å². The number of imide groups is 1. The van der Waals surface area contributed by atoms with E-state index in [0.717, 1.165) is 70.0 Å². The van der Waals surface area contributed by atoms with Gasteiger partial charge in [-0.3, -0.25) is 29.1 Å². The van der Waals surface area contributed by atoms with E-state index in [1.807, 2.05) is 19.9 Å². The van der Waals surface area contributed by atoms with Crippen molar-refractivity contribution in [2.24, 2.45) is 12.5 Å². The third-order valence-corrected chi connectivity index (χ3v) is 13.9. The van der Waals surface area contributed by atoms with Crippen molar-refractivity contribution in [1.82, 2.24) is 29.5 Å². The molecular formula is C44H47F2N9O4S. The average molecular weight is 836 g/mol. The van der Waals surface area contributed by atoms with Crippen LogP contribution in [0, 0.1) is 28.4 Å². The molecule has 2 aliphatic heterocycles. The summed E-state index contributed by atoms with van der Waals surface area (Å²) in [4.78, 5) is 46.7. The first-order valence-corrected chi connectivity index (χ1v) is 21.6. The average Bonchev–Trinajstić information content (AvgIpc) is 3.54. The molecule has 3 aromatic carbocycles. The Labute approximate surface area is 350 Å². The number of carbonyl (C=O) groups is 2. The minimum Gasteiger partial charge on any atom is -0.453 e. The second-order valence-corrected chi connectivity index (χ2v) is 18.5. The summed E-state index contributed by atoms with van der Waals surface area (Å²) < 4.78 is 43.2. The first kappa shape index (κ1) is 39.9. The van der Waals surface area contributed by atoms with Gasteiger partial charge in [0.25, 0.3) is 5.56 Å². The number of nitriles is 1. The number of fused-ring (bicyclic) bond motifs is 2. The fourth-order valence-electron chi connectivity index (χ4n) is 9.80. The van der Waals surface area contributed by atoms with Crippen LogP contribution in [0.5, 0.6) is 11.5 Å². The molecule has 0 bridgehead atoms. The molecule has 2 aliphatic carbocycles. The predicted molar refractivity (Wildman–Crippen MR) is 226 cm³/mol. The Morgan fingerprint density at radius 3 is 2.45 bits per heavy atom. The molecule has 0 radical (unpaired) electrons. The van der Waals surface area contributed by atoms with Crippen molar-refractivity contribution in [2.75, 3.05) is 29.3 Å². The van der Waals surface area contributed by atoms with Gasteiger partial charge in [-0.05, 0) is 136 Å². The van der Waals surface area contributed by atoms with Crippen molar-refractivity contribution < 1.29 is 23.1 Å². The van der Waals surface area contributed by atoms with Crippen LogP contribution in [-0.4, -0.2) is 67.1 Å². The molecule has 2 N–H and O–H groups in total. The predicted octanol–water partition coefficient (Wildman–Crippen LogP) is 8.28. The van der Waals surface area contributed by atoms with Crippen LogP contribution in [0.2, 0.25) is 0 Å². The number of hydrogen-bond acceptors (Lipinski definition) is 10. The summed E-state index contributed by atoms with van der Waals surface area (Å²) in [6, 6.07) is 13.0. The molecule has 4 aliphatic rings. The van der Waals surface area contributed by atoms with E-state index in [1.54, 1.807) is 40.8 Å².